The van der Waals surface area contributed by atoms with Crippen LogP contribution in [0.5, 0.6) is 11.5 Å². The minimum absolute atomic E-state index is 0.0129. The molecule has 2 heterocycles. The molecule has 8 heteroatoms. The molecule has 2 aromatic carbocycles. The fraction of sp³-hybridized carbons (Fsp3) is 0.370. The lowest BCUT2D eigenvalue weighted by Crippen LogP contribution is -2.33. The second-order valence-electron chi connectivity index (χ2n) is 8.92. The van der Waals surface area contributed by atoms with Crippen LogP contribution in [0.1, 0.15) is 31.0 Å². The van der Waals surface area contributed by atoms with Crippen molar-refractivity contribution < 1.29 is 18.7 Å². The predicted molar refractivity (Wildman–Crippen MR) is 132 cm³/mol. The van der Waals surface area contributed by atoms with Gasteiger partial charge in [0, 0.05) is 48.2 Å². The number of nitrogens with zero attached hydrogens (tertiary/aromatic N) is 4. The van der Waals surface area contributed by atoms with Crippen molar-refractivity contribution in [3.63, 3.8) is 0 Å². The zero-order valence-electron chi connectivity index (χ0n) is 20.3. The number of methoxy groups -OCH3 is 1. The molecule has 0 radical (unpaired) electrons. The largest absolute Gasteiger partial charge is 0.494 e. The topological polar surface area (TPSA) is 67.8 Å². The first-order chi connectivity index (χ1) is 17.0. The van der Waals surface area contributed by atoms with Crippen molar-refractivity contribution in [3.05, 3.63) is 59.5 Å². The molecule has 0 spiro atoms. The number of halogens is 1. The van der Waals surface area contributed by atoms with E-state index in [4.69, 9.17) is 19.4 Å². The number of ether oxygens (including phenoxy) is 2. The van der Waals surface area contributed by atoms with Crippen molar-refractivity contribution in [1.82, 2.24) is 14.9 Å². The number of likely N-dealkylation sites (N-methyl/N-ethyl adjacent to an activating group) is 1. The molecule has 0 N–H and O–H groups in total. The van der Waals surface area contributed by atoms with Crippen LogP contribution in [0.3, 0.4) is 0 Å². The number of carbonyl (C=O) groups excluding carboxylic acids is 1. The molecule has 0 unspecified atom stereocenters. The summed E-state index contributed by atoms with van der Waals surface area (Å²) in [7, 11) is 3.27. The summed E-state index contributed by atoms with van der Waals surface area (Å²) in [4.78, 5) is 25.8. The molecule has 5 rings (SSSR count). The summed E-state index contributed by atoms with van der Waals surface area (Å²) in [5.41, 5.74) is 3.60. The third-order valence-corrected chi connectivity index (χ3v) is 6.64. The smallest absolute Gasteiger partial charge is 0.260 e. The van der Waals surface area contributed by atoms with Gasteiger partial charge in [-0.2, -0.15) is 0 Å². The number of aromatic nitrogens is 2. The molecule has 0 saturated heterocycles. The van der Waals surface area contributed by atoms with E-state index in [2.05, 4.69) is 11.8 Å². The molecule has 1 aromatic heterocycles. The Labute approximate surface area is 204 Å². The molecule has 2 aliphatic rings. The summed E-state index contributed by atoms with van der Waals surface area (Å²) < 4.78 is 25.2. The molecular weight excluding hydrogens is 447 g/mol. The maximum atomic E-state index is 14.4. The molecule has 1 aliphatic heterocycles. The van der Waals surface area contributed by atoms with E-state index >= 15 is 0 Å². The van der Waals surface area contributed by atoms with Crippen LogP contribution in [-0.4, -0.2) is 54.1 Å². The summed E-state index contributed by atoms with van der Waals surface area (Å²) in [6.45, 7) is 2.83. The molecular formula is C27H29FN4O3. The average Bonchev–Trinajstić information content (AvgIpc) is 3.65. The molecule has 182 valence electrons. The van der Waals surface area contributed by atoms with E-state index in [1.165, 1.54) is 13.2 Å². The first-order valence-corrected chi connectivity index (χ1v) is 12.0. The Kier molecular flexibility index (Phi) is 6.28. The fourth-order valence-corrected chi connectivity index (χ4v) is 4.46. The maximum absolute atomic E-state index is 14.4. The summed E-state index contributed by atoms with van der Waals surface area (Å²) in [6, 6.07) is 12.8. The van der Waals surface area contributed by atoms with Crippen LogP contribution in [0.4, 0.5) is 15.9 Å². The van der Waals surface area contributed by atoms with Crippen molar-refractivity contribution in [2.75, 3.05) is 32.2 Å². The quantitative estimate of drug-likeness (QED) is 0.475. The van der Waals surface area contributed by atoms with Gasteiger partial charge in [-0.25, -0.2) is 14.4 Å². The number of hydrogen-bond donors (Lipinski definition) is 0. The van der Waals surface area contributed by atoms with Crippen LogP contribution < -0.4 is 14.4 Å². The van der Waals surface area contributed by atoms with E-state index in [1.54, 1.807) is 17.0 Å². The third kappa shape index (κ3) is 4.65. The number of hydrogen-bond acceptors (Lipinski definition) is 6. The molecule has 0 bridgehead atoms. The highest BCUT2D eigenvalue weighted by Crippen LogP contribution is 2.37. The third-order valence-electron chi connectivity index (χ3n) is 6.64. The number of anilines is 2. The van der Waals surface area contributed by atoms with Crippen LogP contribution in [0.2, 0.25) is 0 Å². The standard InChI is InChI=1S/C27H29FN4O3/c1-4-23-21-12-13-32(27(21)30-26(29-23)17-8-11-24(34-3)22(28)14-17)19-6-5-7-20(15-19)35-16-25(33)31(2)18-9-10-18/h5-8,11,14-15,18H,4,9-10,12-13,16H2,1-3H3. The Morgan fingerprint density at radius 2 is 2.03 bits per heavy atom. The van der Waals surface area contributed by atoms with Crippen molar-refractivity contribution in [1.29, 1.82) is 0 Å². The molecule has 1 amide bonds. The van der Waals surface area contributed by atoms with Gasteiger partial charge in [0.25, 0.3) is 5.91 Å². The van der Waals surface area contributed by atoms with Gasteiger partial charge in [-0.3, -0.25) is 4.79 Å². The maximum Gasteiger partial charge on any atom is 0.260 e. The minimum Gasteiger partial charge on any atom is -0.494 e. The highest BCUT2D eigenvalue weighted by Gasteiger charge is 2.30. The fourth-order valence-electron chi connectivity index (χ4n) is 4.46. The molecule has 7 nitrogen and oxygen atoms in total. The van der Waals surface area contributed by atoms with Crippen LogP contribution in [0, 0.1) is 5.82 Å². The number of amides is 1. The van der Waals surface area contributed by atoms with Crippen molar-refractivity contribution >= 4 is 17.4 Å². The van der Waals surface area contributed by atoms with Gasteiger partial charge in [0.15, 0.2) is 24.0 Å². The van der Waals surface area contributed by atoms with E-state index in [9.17, 15) is 9.18 Å². The number of fused-ring (bicyclic) bond motifs is 1. The highest BCUT2D eigenvalue weighted by atomic mass is 19.1. The lowest BCUT2D eigenvalue weighted by molar-refractivity contribution is -0.132. The van der Waals surface area contributed by atoms with E-state index in [-0.39, 0.29) is 18.3 Å². The predicted octanol–water partition coefficient (Wildman–Crippen LogP) is 4.55. The Morgan fingerprint density at radius 1 is 1.20 bits per heavy atom. The molecule has 3 aromatic rings. The molecule has 35 heavy (non-hydrogen) atoms. The Balaban J connectivity index is 1.41. The Morgan fingerprint density at radius 3 is 2.74 bits per heavy atom. The van der Waals surface area contributed by atoms with Crippen molar-refractivity contribution in [2.45, 2.75) is 38.6 Å². The van der Waals surface area contributed by atoms with E-state index in [0.29, 0.717) is 23.2 Å². The van der Waals surface area contributed by atoms with Crippen LogP contribution >= 0.6 is 0 Å². The van der Waals surface area contributed by atoms with Gasteiger partial charge in [-0.1, -0.05) is 13.0 Å². The molecule has 1 fully saturated rings. The van der Waals surface area contributed by atoms with Gasteiger partial charge in [0.05, 0.1) is 7.11 Å². The normalized spacial score (nSPS) is 14.6. The van der Waals surface area contributed by atoms with E-state index in [0.717, 1.165) is 55.0 Å². The highest BCUT2D eigenvalue weighted by molar-refractivity contribution is 5.78. The molecule has 1 aliphatic carbocycles. The number of aryl methyl sites for hydroxylation is 1. The van der Waals surface area contributed by atoms with Gasteiger partial charge in [-0.05, 0) is 56.0 Å². The first-order valence-electron chi connectivity index (χ1n) is 12.0. The first kappa shape index (κ1) is 23.1. The van der Waals surface area contributed by atoms with Crippen LogP contribution in [-0.2, 0) is 17.6 Å². The summed E-state index contributed by atoms with van der Waals surface area (Å²) in [5.74, 6) is 1.67. The van der Waals surface area contributed by atoms with Gasteiger partial charge in [0.2, 0.25) is 0 Å². The van der Waals surface area contributed by atoms with Crippen LogP contribution in [0.15, 0.2) is 42.5 Å². The van der Waals surface area contributed by atoms with Gasteiger partial charge in [0.1, 0.15) is 11.6 Å². The zero-order chi connectivity index (χ0) is 24.5. The number of rotatable bonds is 8. The van der Waals surface area contributed by atoms with E-state index < -0.39 is 5.82 Å². The lowest BCUT2D eigenvalue weighted by atomic mass is 10.1. The lowest BCUT2D eigenvalue weighted by Gasteiger charge is -2.21. The molecule has 0 atom stereocenters. The van der Waals surface area contributed by atoms with Gasteiger partial charge < -0.3 is 19.3 Å². The average molecular weight is 477 g/mol. The molecule has 1 saturated carbocycles. The summed E-state index contributed by atoms with van der Waals surface area (Å²) >= 11 is 0. The summed E-state index contributed by atoms with van der Waals surface area (Å²) in [6.07, 6.45) is 3.72. The number of benzene rings is 2. The summed E-state index contributed by atoms with van der Waals surface area (Å²) in [5, 5.41) is 0. The van der Waals surface area contributed by atoms with Crippen molar-refractivity contribution in [2.24, 2.45) is 0 Å². The van der Waals surface area contributed by atoms with Gasteiger partial charge in [-0.15, -0.1) is 0 Å². The minimum atomic E-state index is -0.448. The second kappa shape index (κ2) is 9.52. The zero-order valence-corrected chi connectivity index (χ0v) is 20.3. The Hall–Kier alpha value is -3.68. The van der Waals surface area contributed by atoms with Gasteiger partial charge >= 0.3 is 0 Å². The van der Waals surface area contributed by atoms with Crippen LogP contribution in [0.25, 0.3) is 11.4 Å². The second-order valence-corrected chi connectivity index (χ2v) is 8.92. The van der Waals surface area contributed by atoms with E-state index in [1.807, 2.05) is 31.3 Å². The monoisotopic (exact) mass is 476 g/mol. The SMILES string of the molecule is CCc1nc(-c2ccc(OC)c(F)c2)nc2c1CCN2c1cccc(OCC(=O)N(C)C2CC2)c1. The Bertz CT molecular complexity index is 1260. The number of carbonyl (C=O) groups is 1. The van der Waals surface area contributed by atoms with Crippen molar-refractivity contribution in [3.8, 4) is 22.9 Å².